The maximum absolute atomic E-state index is 12.8. The minimum absolute atomic E-state index is 0.0634. The first-order chi connectivity index (χ1) is 8.99. The fraction of sp³-hybridized carbons (Fsp3) is 0.0769. The van der Waals surface area contributed by atoms with Crippen molar-refractivity contribution >= 4 is 29.0 Å². The highest BCUT2D eigenvalue weighted by molar-refractivity contribution is 6.34. The van der Waals surface area contributed by atoms with Gasteiger partial charge in [0.05, 0.1) is 5.02 Å². The smallest absolute Gasteiger partial charge is 0.278 e. The highest BCUT2D eigenvalue weighted by Gasteiger charge is 2.18. The molecule has 0 spiro atoms. The lowest BCUT2D eigenvalue weighted by molar-refractivity contribution is 0.0988. The average Bonchev–Trinajstić information content (AvgIpc) is 2.41. The lowest BCUT2D eigenvalue weighted by Crippen LogP contribution is -2.27. The van der Waals surface area contributed by atoms with Gasteiger partial charge in [-0.25, -0.2) is 9.37 Å². The molecule has 0 fully saturated rings. The Morgan fingerprint density at radius 2 is 1.89 bits per heavy atom. The minimum Gasteiger partial charge on any atom is -0.384 e. The van der Waals surface area contributed by atoms with E-state index >= 15 is 0 Å². The van der Waals surface area contributed by atoms with E-state index in [1.54, 1.807) is 7.05 Å². The van der Waals surface area contributed by atoms with Crippen LogP contribution in [-0.2, 0) is 0 Å². The number of anilines is 2. The van der Waals surface area contributed by atoms with Crippen LogP contribution in [0.25, 0.3) is 0 Å². The van der Waals surface area contributed by atoms with Gasteiger partial charge in [-0.3, -0.25) is 4.79 Å². The summed E-state index contributed by atoms with van der Waals surface area (Å²) >= 11 is 5.92. The molecule has 0 radical (unpaired) electrons. The van der Waals surface area contributed by atoms with Crippen LogP contribution < -0.4 is 10.6 Å². The van der Waals surface area contributed by atoms with Gasteiger partial charge in [0.2, 0.25) is 0 Å². The first kappa shape index (κ1) is 13.3. The number of nitrogen functional groups attached to an aromatic ring is 1. The van der Waals surface area contributed by atoms with Gasteiger partial charge in [-0.15, -0.1) is 0 Å². The van der Waals surface area contributed by atoms with Crippen molar-refractivity contribution in [2.45, 2.75) is 0 Å². The van der Waals surface area contributed by atoms with Gasteiger partial charge in [0.1, 0.15) is 17.3 Å². The molecule has 0 saturated carbocycles. The van der Waals surface area contributed by atoms with Crippen LogP contribution in [0.2, 0.25) is 5.02 Å². The number of carbonyl (C=O) groups is 1. The summed E-state index contributed by atoms with van der Waals surface area (Å²) in [5, 5.41) is 0.216. The summed E-state index contributed by atoms with van der Waals surface area (Å²) in [7, 11) is 1.55. The molecule has 4 nitrogen and oxygen atoms in total. The minimum atomic E-state index is -0.413. The summed E-state index contributed by atoms with van der Waals surface area (Å²) in [5.74, 6) is -0.575. The second kappa shape index (κ2) is 5.24. The molecular weight excluding hydrogens is 269 g/mol. The highest BCUT2D eigenvalue weighted by atomic mass is 35.5. The molecule has 1 amide bonds. The Balaban J connectivity index is 2.33. The van der Waals surface area contributed by atoms with E-state index in [2.05, 4.69) is 4.98 Å². The summed E-state index contributed by atoms with van der Waals surface area (Å²) in [6.45, 7) is 0. The first-order valence-electron chi connectivity index (χ1n) is 5.44. The lowest BCUT2D eigenvalue weighted by atomic mass is 10.2. The number of nitrogens with two attached hydrogens (primary N) is 1. The molecule has 0 aliphatic rings. The van der Waals surface area contributed by atoms with Gasteiger partial charge in [-0.1, -0.05) is 11.6 Å². The number of aromatic nitrogens is 1. The molecule has 1 aromatic heterocycles. The van der Waals surface area contributed by atoms with Crippen LogP contribution in [0.1, 0.15) is 10.5 Å². The second-order valence-electron chi connectivity index (χ2n) is 3.91. The second-order valence-corrected chi connectivity index (χ2v) is 4.31. The van der Waals surface area contributed by atoms with Gasteiger partial charge in [-0.05, 0) is 36.4 Å². The molecule has 98 valence electrons. The normalized spacial score (nSPS) is 10.3. The van der Waals surface area contributed by atoms with E-state index in [0.29, 0.717) is 5.69 Å². The number of carbonyl (C=O) groups excluding carboxylic acids is 1. The average molecular weight is 280 g/mol. The predicted molar refractivity (Wildman–Crippen MR) is 72.8 cm³/mol. The van der Waals surface area contributed by atoms with Crippen molar-refractivity contribution in [3.63, 3.8) is 0 Å². The molecule has 19 heavy (non-hydrogen) atoms. The Labute approximate surface area is 114 Å². The standard InChI is InChI=1S/C13H11ClFN3O/c1-18(9-4-2-8(15)3-5-9)13(19)12-10(14)6-7-11(16)17-12/h2-7H,1H3,(H2,16,17). The van der Waals surface area contributed by atoms with Gasteiger partial charge in [0, 0.05) is 12.7 Å². The topological polar surface area (TPSA) is 59.2 Å². The third kappa shape index (κ3) is 2.82. The number of hydrogen-bond acceptors (Lipinski definition) is 3. The number of halogens is 2. The van der Waals surface area contributed by atoms with Crippen LogP contribution in [0.3, 0.4) is 0 Å². The molecule has 6 heteroatoms. The van der Waals surface area contributed by atoms with Crippen molar-refractivity contribution in [2.24, 2.45) is 0 Å². The quantitative estimate of drug-likeness (QED) is 0.919. The highest BCUT2D eigenvalue weighted by Crippen LogP contribution is 2.20. The van der Waals surface area contributed by atoms with Crippen LogP contribution in [0.5, 0.6) is 0 Å². The molecule has 2 rings (SSSR count). The molecule has 0 bridgehead atoms. The van der Waals surface area contributed by atoms with Gasteiger partial charge >= 0.3 is 0 Å². The van der Waals surface area contributed by atoms with Crippen molar-refractivity contribution in [1.82, 2.24) is 4.98 Å². The molecule has 2 N–H and O–H groups in total. The molecule has 0 aliphatic carbocycles. The SMILES string of the molecule is CN(C(=O)c1nc(N)ccc1Cl)c1ccc(F)cc1. The molecule has 1 aromatic carbocycles. The summed E-state index contributed by atoms with van der Waals surface area (Å²) in [4.78, 5) is 17.5. The Morgan fingerprint density at radius 3 is 2.53 bits per heavy atom. The summed E-state index contributed by atoms with van der Waals surface area (Å²) in [5.41, 5.74) is 6.13. The lowest BCUT2D eigenvalue weighted by Gasteiger charge is -2.17. The van der Waals surface area contributed by atoms with E-state index in [1.807, 2.05) is 0 Å². The van der Waals surface area contributed by atoms with Crippen molar-refractivity contribution in [2.75, 3.05) is 17.7 Å². The van der Waals surface area contributed by atoms with Crippen LogP contribution >= 0.6 is 11.6 Å². The van der Waals surface area contributed by atoms with E-state index in [4.69, 9.17) is 17.3 Å². The maximum Gasteiger partial charge on any atom is 0.278 e. The predicted octanol–water partition coefficient (Wildman–Crippen LogP) is 2.73. The summed E-state index contributed by atoms with van der Waals surface area (Å²) < 4.78 is 12.8. The zero-order valence-electron chi connectivity index (χ0n) is 10.1. The van der Waals surface area contributed by atoms with E-state index < -0.39 is 5.91 Å². The van der Waals surface area contributed by atoms with Gasteiger partial charge < -0.3 is 10.6 Å². The zero-order valence-corrected chi connectivity index (χ0v) is 10.9. The largest absolute Gasteiger partial charge is 0.384 e. The molecule has 2 aromatic rings. The van der Waals surface area contributed by atoms with Crippen molar-refractivity contribution < 1.29 is 9.18 Å². The zero-order chi connectivity index (χ0) is 14.0. The monoisotopic (exact) mass is 279 g/mol. The summed E-state index contributed by atoms with van der Waals surface area (Å²) in [6, 6.07) is 8.55. The van der Waals surface area contributed by atoms with E-state index in [9.17, 15) is 9.18 Å². The Morgan fingerprint density at radius 1 is 1.26 bits per heavy atom. The number of pyridine rings is 1. The number of hydrogen-bond donors (Lipinski definition) is 1. The fourth-order valence-corrected chi connectivity index (χ4v) is 1.73. The van der Waals surface area contributed by atoms with Gasteiger partial charge in [-0.2, -0.15) is 0 Å². The van der Waals surface area contributed by atoms with Crippen LogP contribution in [-0.4, -0.2) is 17.9 Å². The number of amides is 1. The van der Waals surface area contributed by atoms with Gasteiger partial charge in [0.15, 0.2) is 0 Å². The first-order valence-corrected chi connectivity index (χ1v) is 5.82. The van der Waals surface area contributed by atoms with Crippen molar-refractivity contribution in [1.29, 1.82) is 0 Å². The van der Waals surface area contributed by atoms with E-state index in [1.165, 1.54) is 41.3 Å². The Kier molecular flexibility index (Phi) is 3.66. The van der Waals surface area contributed by atoms with Gasteiger partial charge in [0.25, 0.3) is 5.91 Å². The third-order valence-electron chi connectivity index (χ3n) is 2.59. The Hall–Kier alpha value is -2.14. The summed E-state index contributed by atoms with van der Waals surface area (Å²) in [6.07, 6.45) is 0. The van der Waals surface area contributed by atoms with Crippen molar-refractivity contribution in [3.8, 4) is 0 Å². The number of nitrogens with zero attached hydrogens (tertiary/aromatic N) is 2. The van der Waals surface area contributed by atoms with Crippen LogP contribution in [0.4, 0.5) is 15.9 Å². The van der Waals surface area contributed by atoms with Crippen LogP contribution in [0, 0.1) is 5.82 Å². The molecular formula is C13H11ClFN3O. The maximum atomic E-state index is 12.8. The van der Waals surface area contributed by atoms with Crippen LogP contribution in [0.15, 0.2) is 36.4 Å². The fourth-order valence-electron chi connectivity index (χ4n) is 1.55. The third-order valence-corrected chi connectivity index (χ3v) is 2.89. The molecule has 0 aliphatic heterocycles. The van der Waals surface area contributed by atoms with Crippen molar-refractivity contribution in [3.05, 3.63) is 52.9 Å². The van der Waals surface area contributed by atoms with E-state index in [-0.39, 0.29) is 22.4 Å². The number of rotatable bonds is 2. The molecule has 0 atom stereocenters. The molecule has 0 unspecified atom stereocenters. The Bertz CT molecular complexity index is 616. The number of benzene rings is 1. The molecule has 1 heterocycles. The molecule has 0 saturated heterocycles. The van der Waals surface area contributed by atoms with E-state index in [0.717, 1.165) is 0 Å².